The van der Waals surface area contributed by atoms with Crippen molar-refractivity contribution in [2.24, 2.45) is 0 Å². The Morgan fingerprint density at radius 2 is 1.61 bits per heavy atom. The average Bonchev–Trinajstić information content (AvgIpc) is 2.87. The molecule has 162 valence electrons. The maximum Gasteiger partial charge on any atom is 0.321 e. The van der Waals surface area contributed by atoms with Gasteiger partial charge in [0.25, 0.3) is 0 Å². The molecule has 0 bridgehead atoms. The zero-order chi connectivity index (χ0) is 23.2. The van der Waals surface area contributed by atoms with Crippen molar-refractivity contribution in [1.82, 2.24) is 4.98 Å². The zero-order valence-electron chi connectivity index (χ0n) is 17.8. The molecule has 0 spiro atoms. The lowest BCUT2D eigenvalue weighted by molar-refractivity contribution is -0.136. The average molecular weight is 453 g/mol. The van der Waals surface area contributed by atoms with Crippen LogP contribution in [0, 0.1) is 11.3 Å². The van der Waals surface area contributed by atoms with Crippen LogP contribution < -0.4 is 4.74 Å². The van der Waals surface area contributed by atoms with Gasteiger partial charge in [-0.15, -0.1) is 0 Å². The van der Waals surface area contributed by atoms with Crippen LogP contribution in [0.15, 0.2) is 96.0 Å². The highest BCUT2D eigenvalue weighted by Crippen LogP contribution is 2.40. The molecule has 0 aliphatic heterocycles. The lowest BCUT2D eigenvalue weighted by Crippen LogP contribution is -2.09. The molecule has 1 unspecified atom stereocenters. The molecule has 0 amide bonds. The highest BCUT2D eigenvalue weighted by Gasteiger charge is 2.25. The molecule has 0 radical (unpaired) electrons. The molecule has 33 heavy (non-hydrogen) atoms. The molecule has 1 atom stereocenters. The summed E-state index contributed by atoms with van der Waals surface area (Å²) in [7, 11) is 1.60. The Bertz CT molecular complexity index is 1300. The van der Waals surface area contributed by atoms with Crippen LogP contribution in [0.1, 0.15) is 16.4 Å². The smallest absolute Gasteiger partial charge is 0.321 e. The summed E-state index contributed by atoms with van der Waals surface area (Å²) in [5.74, 6) is -0.285. The quantitative estimate of drug-likeness (QED) is 0.336. The SMILES string of the molecule is COc1ccc(-c2cc(-c3ccccc3)nc(SC(C(=O)O)c3ccccc3)c2C#N)cc1. The van der Waals surface area contributed by atoms with Crippen LogP contribution in [-0.2, 0) is 4.79 Å². The fraction of sp³-hybridized carbons (Fsp3) is 0.0741. The van der Waals surface area contributed by atoms with E-state index in [0.717, 1.165) is 22.9 Å². The topological polar surface area (TPSA) is 83.2 Å². The van der Waals surface area contributed by atoms with E-state index < -0.39 is 11.2 Å². The summed E-state index contributed by atoms with van der Waals surface area (Å²) in [4.78, 5) is 16.9. The maximum atomic E-state index is 12.1. The number of hydrogen-bond acceptors (Lipinski definition) is 5. The number of carboxylic acid groups (broad SMARTS) is 1. The Labute approximate surface area is 196 Å². The molecule has 0 aliphatic rings. The number of carbonyl (C=O) groups is 1. The van der Waals surface area contributed by atoms with E-state index in [1.165, 1.54) is 0 Å². The number of thioether (sulfide) groups is 1. The van der Waals surface area contributed by atoms with Gasteiger partial charge in [-0.25, -0.2) is 4.98 Å². The van der Waals surface area contributed by atoms with Crippen LogP contribution in [0.5, 0.6) is 5.75 Å². The van der Waals surface area contributed by atoms with Gasteiger partial charge < -0.3 is 9.84 Å². The molecule has 0 saturated heterocycles. The molecule has 0 saturated carbocycles. The maximum absolute atomic E-state index is 12.1. The fourth-order valence-corrected chi connectivity index (χ4v) is 4.51. The molecule has 4 rings (SSSR count). The van der Waals surface area contributed by atoms with E-state index in [1.807, 2.05) is 66.7 Å². The Morgan fingerprint density at radius 1 is 0.970 bits per heavy atom. The molecule has 1 N–H and O–H groups in total. The predicted molar refractivity (Wildman–Crippen MR) is 129 cm³/mol. The number of carboxylic acids is 1. The minimum Gasteiger partial charge on any atom is -0.497 e. The van der Waals surface area contributed by atoms with Crippen molar-refractivity contribution in [2.45, 2.75) is 10.3 Å². The minimum atomic E-state index is -0.993. The van der Waals surface area contributed by atoms with Gasteiger partial charge in [-0.05, 0) is 29.3 Å². The van der Waals surface area contributed by atoms with Gasteiger partial charge >= 0.3 is 5.97 Å². The third-order valence-corrected chi connectivity index (χ3v) is 6.35. The van der Waals surface area contributed by atoms with E-state index in [0.29, 0.717) is 33.2 Å². The molecule has 4 aromatic rings. The van der Waals surface area contributed by atoms with E-state index in [4.69, 9.17) is 9.72 Å². The number of ether oxygens (including phenoxy) is 1. The lowest BCUT2D eigenvalue weighted by atomic mass is 9.99. The van der Waals surface area contributed by atoms with Gasteiger partial charge in [0.2, 0.25) is 0 Å². The highest BCUT2D eigenvalue weighted by molar-refractivity contribution is 8.00. The van der Waals surface area contributed by atoms with E-state index in [9.17, 15) is 15.2 Å². The lowest BCUT2D eigenvalue weighted by Gasteiger charge is -2.16. The summed E-state index contributed by atoms with van der Waals surface area (Å²) in [5, 5.41) is 19.5. The van der Waals surface area contributed by atoms with Crippen LogP contribution in [0.2, 0.25) is 0 Å². The molecule has 6 heteroatoms. The summed E-state index contributed by atoms with van der Waals surface area (Å²) in [6, 6.07) is 30.1. The molecular formula is C27H20N2O3S. The first-order valence-corrected chi connectivity index (χ1v) is 11.1. The number of nitrogens with zero attached hydrogens (tertiary/aromatic N) is 2. The molecule has 1 heterocycles. The second-order valence-corrected chi connectivity index (χ2v) is 8.28. The van der Waals surface area contributed by atoms with Crippen molar-refractivity contribution in [1.29, 1.82) is 5.26 Å². The highest BCUT2D eigenvalue weighted by atomic mass is 32.2. The first-order valence-electron chi connectivity index (χ1n) is 10.2. The molecule has 0 aliphatic carbocycles. The van der Waals surface area contributed by atoms with Gasteiger partial charge in [0.05, 0.1) is 18.4 Å². The van der Waals surface area contributed by atoms with Crippen molar-refractivity contribution >= 4 is 17.7 Å². The third kappa shape index (κ3) is 4.89. The Hall–Kier alpha value is -4.08. The summed E-state index contributed by atoms with van der Waals surface area (Å²) >= 11 is 1.07. The van der Waals surface area contributed by atoms with Crippen molar-refractivity contribution in [3.05, 3.63) is 102 Å². The molecule has 0 fully saturated rings. The Balaban J connectivity index is 1.89. The van der Waals surface area contributed by atoms with E-state index in [-0.39, 0.29) is 0 Å². The summed E-state index contributed by atoms with van der Waals surface area (Å²) in [6.45, 7) is 0. The summed E-state index contributed by atoms with van der Waals surface area (Å²) < 4.78 is 5.26. The zero-order valence-corrected chi connectivity index (χ0v) is 18.6. The van der Waals surface area contributed by atoms with Crippen LogP contribution in [0.3, 0.4) is 0 Å². The van der Waals surface area contributed by atoms with E-state index in [1.54, 1.807) is 31.4 Å². The Kier molecular flexibility index (Phi) is 6.72. The Morgan fingerprint density at radius 3 is 2.18 bits per heavy atom. The van der Waals surface area contributed by atoms with Crippen LogP contribution in [0.25, 0.3) is 22.4 Å². The largest absolute Gasteiger partial charge is 0.497 e. The van der Waals surface area contributed by atoms with Crippen LogP contribution in [0.4, 0.5) is 0 Å². The summed E-state index contributed by atoms with van der Waals surface area (Å²) in [6.07, 6.45) is 0. The van der Waals surface area contributed by atoms with Crippen LogP contribution in [-0.4, -0.2) is 23.2 Å². The monoisotopic (exact) mass is 452 g/mol. The normalized spacial score (nSPS) is 11.4. The number of pyridine rings is 1. The number of methoxy groups -OCH3 is 1. The van der Waals surface area contributed by atoms with E-state index >= 15 is 0 Å². The predicted octanol–water partition coefficient (Wildman–Crippen LogP) is 6.21. The van der Waals surface area contributed by atoms with Gasteiger partial charge in [0.1, 0.15) is 22.1 Å². The minimum absolute atomic E-state index is 0.340. The summed E-state index contributed by atoms with van der Waals surface area (Å²) in [5.41, 5.74) is 4.03. The molecule has 3 aromatic carbocycles. The van der Waals surface area contributed by atoms with Crippen molar-refractivity contribution < 1.29 is 14.6 Å². The second kappa shape index (κ2) is 10.0. The standard InChI is InChI=1S/C27H20N2O3S/c1-32-21-14-12-18(13-15-21)22-16-24(19-8-4-2-5-9-19)29-26(23(22)17-28)33-25(27(30)31)20-10-6-3-7-11-20/h2-16,25H,1H3,(H,30,31). The molecule has 1 aromatic heterocycles. The van der Waals surface area contributed by atoms with Gasteiger partial charge in [-0.3, -0.25) is 4.79 Å². The second-order valence-electron chi connectivity index (χ2n) is 7.19. The molecular weight excluding hydrogens is 432 g/mol. The number of hydrogen-bond donors (Lipinski definition) is 1. The molecule has 5 nitrogen and oxygen atoms in total. The van der Waals surface area contributed by atoms with Crippen molar-refractivity contribution in [3.63, 3.8) is 0 Å². The number of nitriles is 1. The van der Waals surface area contributed by atoms with Gasteiger partial charge in [-0.2, -0.15) is 5.26 Å². The fourth-order valence-electron chi connectivity index (χ4n) is 3.47. The van der Waals surface area contributed by atoms with Gasteiger partial charge in [0.15, 0.2) is 0 Å². The van der Waals surface area contributed by atoms with E-state index in [2.05, 4.69) is 6.07 Å². The van der Waals surface area contributed by atoms with Gasteiger partial charge in [0, 0.05) is 11.1 Å². The van der Waals surface area contributed by atoms with Gasteiger partial charge in [-0.1, -0.05) is 84.6 Å². The van der Waals surface area contributed by atoms with Crippen LogP contribution >= 0.6 is 11.8 Å². The third-order valence-electron chi connectivity index (χ3n) is 5.12. The first kappa shape index (κ1) is 22.1. The van der Waals surface area contributed by atoms with Crippen molar-refractivity contribution in [3.8, 4) is 34.2 Å². The number of aliphatic carboxylic acids is 1. The number of benzene rings is 3. The number of aromatic nitrogens is 1. The number of rotatable bonds is 7. The first-order chi connectivity index (χ1) is 16.1. The van der Waals surface area contributed by atoms with Crippen molar-refractivity contribution in [2.75, 3.05) is 7.11 Å².